The second-order valence-corrected chi connectivity index (χ2v) is 4.28. The number of aromatic nitrogens is 1. The Balaban J connectivity index is 0.000000154. The van der Waals surface area contributed by atoms with Crippen LogP contribution in [0.25, 0.3) is 17.0 Å². The van der Waals surface area contributed by atoms with Crippen LogP contribution in [0.2, 0.25) is 0 Å². The molecule has 0 unspecified atom stereocenters. The summed E-state index contributed by atoms with van der Waals surface area (Å²) in [5.41, 5.74) is 1.96. The first-order valence-corrected chi connectivity index (χ1v) is 6.51. The standard InChI is InChI=1S/C9H7N.C9H8O2/c1-2-6-9-8(4-1)5-3-7-10-9;10-9(11)7-6-8-4-2-1-3-5-8/h1-7H;1-7H,(H,10,11). The van der Waals surface area contributed by atoms with Gasteiger partial charge in [0, 0.05) is 17.7 Å². The van der Waals surface area contributed by atoms with Crippen LogP contribution in [0.15, 0.2) is 79.0 Å². The number of nitrogens with zero attached hydrogens (tertiary/aromatic N) is 1. The first-order chi connectivity index (χ1) is 10.3. The van der Waals surface area contributed by atoms with Crippen molar-refractivity contribution < 1.29 is 9.90 Å². The van der Waals surface area contributed by atoms with Gasteiger partial charge in [-0.3, -0.25) is 4.98 Å². The Morgan fingerprint density at radius 1 is 0.905 bits per heavy atom. The zero-order chi connectivity index (χ0) is 14.9. The van der Waals surface area contributed by atoms with Crippen LogP contribution in [0.1, 0.15) is 5.56 Å². The molecule has 0 amide bonds. The number of benzene rings is 2. The van der Waals surface area contributed by atoms with Crippen molar-refractivity contribution >= 4 is 22.9 Å². The molecule has 1 N–H and O–H groups in total. The molecule has 3 rings (SSSR count). The summed E-state index contributed by atoms with van der Waals surface area (Å²) >= 11 is 0. The average Bonchev–Trinajstić information content (AvgIpc) is 2.55. The van der Waals surface area contributed by atoms with Gasteiger partial charge in [-0.2, -0.15) is 0 Å². The fourth-order valence-corrected chi connectivity index (χ4v) is 1.75. The smallest absolute Gasteiger partial charge is 0.328 e. The van der Waals surface area contributed by atoms with Crippen LogP contribution >= 0.6 is 0 Å². The van der Waals surface area contributed by atoms with Gasteiger partial charge in [0.15, 0.2) is 0 Å². The van der Waals surface area contributed by atoms with E-state index in [0.717, 1.165) is 17.2 Å². The lowest BCUT2D eigenvalue weighted by atomic mass is 10.2. The molecule has 3 nitrogen and oxygen atoms in total. The topological polar surface area (TPSA) is 50.2 Å². The molecule has 1 heterocycles. The van der Waals surface area contributed by atoms with Crippen LogP contribution in [0.5, 0.6) is 0 Å². The lowest BCUT2D eigenvalue weighted by Gasteiger charge is -1.91. The van der Waals surface area contributed by atoms with Gasteiger partial charge in [-0.05, 0) is 23.8 Å². The lowest BCUT2D eigenvalue weighted by molar-refractivity contribution is -0.131. The highest BCUT2D eigenvalue weighted by Crippen LogP contribution is 2.07. The van der Waals surface area contributed by atoms with Gasteiger partial charge in [-0.15, -0.1) is 0 Å². The molecule has 0 bridgehead atoms. The molecule has 3 heteroatoms. The predicted molar refractivity (Wildman–Crippen MR) is 84.9 cm³/mol. The Kier molecular flexibility index (Phi) is 5.24. The van der Waals surface area contributed by atoms with E-state index in [2.05, 4.69) is 17.1 Å². The summed E-state index contributed by atoms with van der Waals surface area (Å²) in [5, 5.41) is 9.49. The number of aliphatic carboxylic acids is 1. The number of hydrogen-bond donors (Lipinski definition) is 1. The van der Waals surface area contributed by atoms with Gasteiger partial charge in [-0.25, -0.2) is 4.79 Å². The van der Waals surface area contributed by atoms with E-state index in [1.165, 1.54) is 5.39 Å². The van der Waals surface area contributed by atoms with Crippen LogP contribution in [0, 0.1) is 0 Å². The van der Waals surface area contributed by atoms with E-state index in [4.69, 9.17) is 5.11 Å². The van der Waals surface area contributed by atoms with Gasteiger partial charge in [0.1, 0.15) is 0 Å². The van der Waals surface area contributed by atoms with Crippen molar-refractivity contribution in [3.05, 3.63) is 84.6 Å². The zero-order valence-electron chi connectivity index (χ0n) is 11.4. The molecule has 0 radical (unpaired) electrons. The van der Waals surface area contributed by atoms with Gasteiger partial charge in [0.05, 0.1) is 5.52 Å². The normalized spacial score (nSPS) is 10.1. The molecule has 21 heavy (non-hydrogen) atoms. The van der Waals surface area contributed by atoms with Gasteiger partial charge in [0.25, 0.3) is 0 Å². The maximum absolute atomic E-state index is 10.1. The van der Waals surface area contributed by atoms with Gasteiger partial charge in [0.2, 0.25) is 0 Å². The third kappa shape index (κ3) is 4.91. The van der Waals surface area contributed by atoms with Gasteiger partial charge >= 0.3 is 5.97 Å². The van der Waals surface area contributed by atoms with Crippen molar-refractivity contribution in [3.63, 3.8) is 0 Å². The van der Waals surface area contributed by atoms with Gasteiger partial charge in [-0.1, -0.05) is 54.6 Å². The molecule has 0 saturated heterocycles. The molecule has 104 valence electrons. The summed E-state index contributed by atoms with van der Waals surface area (Å²) in [4.78, 5) is 14.3. The number of carboxylic acids is 1. The zero-order valence-corrected chi connectivity index (χ0v) is 11.4. The fourth-order valence-electron chi connectivity index (χ4n) is 1.75. The largest absolute Gasteiger partial charge is 0.478 e. The Labute approximate surface area is 123 Å². The maximum atomic E-state index is 10.1. The summed E-state index contributed by atoms with van der Waals surface area (Å²) in [7, 11) is 0. The predicted octanol–water partition coefficient (Wildman–Crippen LogP) is 4.02. The highest BCUT2D eigenvalue weighted by Gasteiger charge is 1.87. The molecule has 0 saturated carbocycles. The summed E-state index contributed by atoms with van der Waals surface area (Å²) in [6, 6.07) is 21.4. The number of carboxylic acid groups (broad SMARTS) is 1. The number of rotatable bonds is 2. The van der Waals surface area contributed by atoms with Crippen LogP contribution in [0.4, 0.5) is 0 Å². The van der Waals surface area contributed by atoms with Crippen molar-refractivity contribution in [2.24, 2.45) is 0 Å². The van der Waals surface area contributed by atoms with Crippen LogP contribution in [-0.4, -0.2) is 16.1 Å². The van der Waals surface area contributed by atoms with Crippen LogP contribution < -0.4 is 0 Å². The summed E-state index contributed by atoms with van der Waals surface area (Å²) in [6.45, 7) is 0. The SMILES string of the molecule is O=C(O)C=Cc1ccccc1.c1ccc2ncccc2c1. The van der Waals surface area contributed by atoms with Crippen molar-refractivity contribution in [2.45, 2.75) is 0 Å². The number of carbonyl (C=O) groups is 1. The molecule has 2 aromatic carbocycles. The van der Waals surface area contributed by atoms with E-state index < -0.39 is 5.97 Å². The van der Waals surface area contributed by atoms with E-state index >= 15 is 0 Å². The Morgan fingerprint density at radius 3 is 2.29 bits per heavy atom. The van der Waals surface area contributed by atoms with E-state index in [1.807, 2.05) is 60.8 Å². The number of para-hydroxylation sites is 1. The summed E-state index contributed by atoms with van der Waals surface area (Å²) in [6.07, 6.45) is 4.49. The minimum Gasteiger partial charge on any atom is -0.478 e. The lowest BCUT2D eigenvalue weighted by Crippen LogP contribution is -1.85. The number of pyridine rings is 1. The van der Waals surface area contributed by atoms with E-state index in [0.29, 0.717) is 0 Å². The Hall–Kier alpha value is -2.94. The van der Waals surface area contributed by atoms with E-state index in [-0.39, 0.29) is 0 Å². The molecule has 0 atom stereocenters. The fraction of sp³-hybridized carbons (Fsp3) is 0. The monoisotopic (exact) mass is 277 g/mol. The first kappa shape index (κ1) is 14.5. The van der Waals surface area contributed by atoms with E-state index in [9.17, 15) is 4.79 Å². The molecule has 1 aromatic heterocycles. The highest BCUT2D eigenvalue weighted by molar-refractivity contribution is 5.85. The first-order valence-electron chi connectivity index (χ1n) is 6.51. The average molecular weight is 277 g/mol. The highest BCUT2D eigenvalue weighted by atomic mass is 16.4. The summed E-state index contributed by atoms with van der Waals surface area (Å²) in [5.74, 6) is -0.922. The molecule has 0 spiro atoms. The molecule has 0 aliphatic carbocycles. The van der Waals surface area contributed by atoms with Crippen molar-refractivity contribution in [2.75, 3.05) is 0 Å². The van der Waals surface area contributed by atoms with Crippen molar-refractivity contribution in [1.29, 1.82) is 0 Å². The third-order valence-electron chi connectivity index (χ3n) is 2.73. The summed E-state index contributed by atoms with van der Waals surface area (Å²) < 4.78 is 0. The minimum atomic E-state index is -0.922. The maximum Gasteiger partial charge on any atom is 0.328 e. The van der Waals surface area contributed by atoms with Gasteiger partial charge < -0.3 is 5.11 Å². The van der Waals surface area contributed by atoms with Crippen molar-refractivity contribution in [1.82, 2.24) is 4.98 Å². The number of hydrogen-bond acceptors (Lipinski definition) is 2. The van der Waals surface area contributed by atoms with Crippen LogP contribution in [-0.2, 0) is 4.79 Å². The molecular weight excluding hydrogens is 262 g/mol. The van der Waals surface area contributed by atoms with Crippen LogP contribution in [0.3, 0.4) is 0 Å². The molecule has 0 aliphatic heterocycles. The number of fused-ring (bicyclic) bond motifs is 1. The second-order valence-electron chi connectivity index (χ2n) is 4.28. The molecular formula is C18H15NO2. The molecule has 0 fully saturated rings. The van der Waals surface area contributed by atoms with Crippen molar-refractivity contribution in [3.8, 4) is 0 Å². The third-order valence-corrected chi connectivity index (χ3v) is 2.73. The second kappa shape index (κ2) is 7.60. The minimum absolute atomic E-state index is 0.898. The molecule has 0 aliphatic rings. The Morgan fingerprint density at radius 2 is 1.57 bits per heavy atom. The van der Waals surface area contributed by atoms with E-state index in [1.54, 1.807) is 6.08 Å². The Bertz CT molecular complexity index is 671. The quantitative estimate of drug-likeness (QED) is 0.720. The molecule has 3 aromatic rings.